The molecule has 8 aromatic rings. The zero-order valence-corrected chi connectivity index (χ0v) is 56.6. The molecule has 11 heteroatoms. The third-order valence-electron chi connectivity index (χ3n) is 16.5. The van der Waals surface area contributed by atoms with E-state index in [9.17, 15) is 4.79 Å². The SMILES string of the molecule is CCCCCCCCc1cc(/C=C2\SC(=S)N(CC)C2=O)sc1-c1ccc(-c2sc(-c3cc4c(-c5ccc(CC(CC)CCCC)s5)c5sc(C)cc5c(-c5ccc(CC(CC)CCCC)s5)c4s3)cc2CCCCCCCC)s1. The molecule has 9 rings (SSSR count). The standard InChI is InChI=1S/C69H87NOS9/c1-9-16-20-22-24-26-30-48-41-52(43-61-68(71)70(15-7)69(72)80-61)76-64(48)57-36-37-58(77-57)65-49(31-27-25-23-21-17-10-2)42-59(78-65)60-44-54-63(56-35-33-51(75-56)40-47(14-6)29-19-12-4)66-53(38-45(8)73-66)62(67(54)79-60)55-34-32-50(74-55)39-46(13-5)28-18-11-3/h32-38,41-44,46-47H,9-31,39-40H2,1-8H3/b61-43-. The zero-order chi connectivity index (χ0) is 56.1. The highest BCUT2D eigenvalue weighted by molar-refractivity contribution is 8.26. The first-order chi connectivity index (χ1) is 39.1. The van der Waals surface area contributed by atoms with Crippen molar-refractivity contribution in [1.29, 1.82) is 0 Å². The van der Waals surface area contributed by atoms with Crippen LogP contribution in [0.5, 0.6) is 0 Å². The number of fused-ring (bicyclic) bond motifs is 2. The minimum Gasteiger partial charge on any atom is -0.293 e. The molecule has 1 amide bonds. The van der Waals surface area contributed by atoms with E-state index in [-0.39, 0.29) is 5.91 Å². The van der Waals surface area contributed by atoms with Crippen LogP contribution in [0.1, 0.15) is 208 Å². The van der Waals surface area contributed by atoms with Gasteiger partial charge >= 0.3 is 0 Å². The van der Waals surface area contributed by atoms with Crippen LogP contribution in [0, 0.1) is 18.8 Å². The summed E-state index contributed by atoms with van der Waals surface area (Å²) in [6, 6.07) is 24.8. The molecule has 1 aliphatic rings. The van der Waals surface area contributed by atoms with E-state index in [2.05, 4.69) is 149 Å². The molecule has 7 aromatic heterocycles. The largest absolute Gasteiger partial charge is 0.293 e. The Bertz CT molecular complexity index is 3210. The van der Waals surface area contributed by atoms with Crippen molar-refractivity contribution >= 4 is 140 Å². The number of nitrogens with zero attached hydrogens (tertiary/aromatic N) is 1. The molecule has 1 aromatic carbocycles. The molecule has 2 nitrogen and oxygen atoms in total. The van der Waals surface area contributed by atoms with Crippen LogP contribution in [-0.2, 0) is 30.5 Å². The van der Waals surface area contributed by atoms with Gasteiger partial charge in [-0.25, -0.2) is 0 Å². The number of thiocarbonyl (C=S) groups is 1. The summed E-state index contributed by atoms with van der Waals surface area (Å²) in [7, 11) is 0. The van der Waals surface area contributed by atoms with Crippen molar-refractivity contribution in [2.24, 2.45) is 11.8 Å². The molecule has 8 heterocycles. The number of thiophene rings is 7. The number of unbranched alkanes of at least 4 members (excludes halogenated alkanes) is 12. The van der Waals surface area contributed by atoms with E-state index in [0.29, 0.717) is 10.9 Å². The van der Waals surface area contributed by atoms with Crippen LogP contribution in [0.2, 0.25) is 0 Å². The first-order valence-corrected chi connectivity index (χ1v) is 37.8. The van der Waals surface area contributed by atoms with Gasteiger partial charge in [0.15, 0.2) is 0 Å². The second-order valence-corrected chi connectivity index (χ2v) is 32.1. The predicted octanol–water partition coefficient (Wildman–Crippen LogP) is 25.6. The fraction of sp³-hybridized carbons (Fsp3) is 0.507. The number of amides is 1. The molecule has 80 heavy (non-hydrogen) atoms. The van der Waals surface area contributed by atoms with E-state index < -0.39 is 0 Å². The Balaban J connectivity index is 1.14. The maximum Gasteiger partial charge on any atom is 0.266 e. The molecule has 2 unspecified atom stereocenters. The highest BCUT2D eigenvalue weighted by Gasteiger charge is 2.31. The molecule has 0 N–H and O–H groups in total. The van der Waals surface area contributed by atoms with E-state index in [1.165, 1.54) is 249 Å². The van der Waals surface area contributed by atoms with Crippen molar-refractivity contribution in [3.8, 4) is 50.1 Å². The highest BCUT2D eigenvalue weighted by Crippen LogP contribution is 2.55. The topological polar surface area (TPSA) is 20.3 Å². The van der Waals surface area contributed by atoms with E-state index in [1.807, 2.05) is 52.3 Å². The molecule has 0 spiro atoms. The van der Waals surface area contributed by atoms with Crippen molar-refractivity contribution in [2.75, 3.05) is 6.54 Å². The fourth-order valence-electron chi connectivity index (χ4n) is 11.7. The molecule has 1 fully saturated rings. The highest BCUT2D eigenvalue weighted by atomic mass is 32.2. The monoisotopic (exact) mass is 1230 g/mol. The smallest absolute Gasteiger partial charge is 0.266 e. The Morgan fingerprint density at radius 3 is 1.55 bits per heavy atom. The number of carbonyl (C=O) groups is 1. The van der Waals surface area contributed by atoms with Gasteiger partial charge in [0.25, 0.3) is 5.91 Å². The second kappa shape index (κ2) is 30.4. The lowest BCUT2D eigenvalue weighted by molar-refractivity contribution is -0.121. The normalized spacial score (nSPS) is 14.4. The van der Waals surface area contributed by atoms with Crippen molar-refractivity contribution in [3.05, 3.63) is 96.2 Å². The molecular formula is C69H87NOS9. The molecule has 0 bridgehead atoms. The van der Waals surface area contributed by atoms with Crippen molar-refractivity contribution in [3.63, 3.8) is 0 Å². The van der Waals surface area contributed by atoms with E-state index in [4.69, 9.17) is 12.2 Å². The number of likely N-dealkylation sites (N-methyl/N-ethyl adjacent to an activating group) is 1. The Kier molecular flexibility index (Phi) is 23.5. The minimum atomic E-state index is 0.0404. The lowest BCUT2D eigenvalue weighted by atomic mass is 9.95. The number of carbonyl (C=O) groups excluding carboxylic acids is 1. The predicted molar refractivity (Wildman–Crippen MR) is 372 cm³/mol. The van der Waals surface area contributed by atoms with Crippen molar-refractivity contribution in [2.45, 2.75) is 209 Å². The maximum absolute atomic E-state index is 13.4. The summed E-state index contributed by atoms with van der Waals surface area (Å²) in [5, 5.41) is 2.86. The summed E-state index contributed by atoms with van der Waals surface area (Å²) in [6.07, 6.45) is 32.4. The number of hydrogen-bond acceptors (Lipinski definition) is 10. The van der Waals surface area contributed by atoms with Crippen LogP contribution >= 0.6 is 103 Å². The van der Waals surface area contributed by atoms with E-state index >= 15 is 0 Å². The summed E-state index contributed by atoms with van der Waals surface area (Å²) in [4.78, 5) is 32.7. The van der Waals surface area contributed by atoms with Crippen LogP contribution in [0.4, 0.5) is 0 Å². The fourth-order valence-corrected chi connectivity index (χ4v) is 21.8. The molecule has 1 aliphatic heterocycles. The van der Waals surface area contributed by atoms with Gasteiger partial charge in [-0.05, 0) is 142 Å². The average molecular weight is 1240 g/mol. The summed E-state index contributed by atoms with van der Waals surface area (Å²) < 4.78 is 3.57. The summed E-state index contributed by atoms with van der Waals surface area (Å²) in [5.74, 6) is 1.53. The van der Waals surface area contributed by atoms with Gasteiger partial charge in [0.05, 0.1) is 4.91 Å². The number of thioether (sulfide) groups is 1. The number of rotatable bonds is 33. The number of hydrogen-bond donors (Lipinski definition) is 0. The molecule has 1 saturated heterocycles. The van der Waals surface area contributed by atoms with Crippen molar-refractivity contribution < 1.29 is 4.79 Å². The summed E-state index contributed by atoms with van der Waals surface area (Å²) in [5.41, 5.74) is 5.83. The van der Waals surface area contributed by atoms with Gasteiger partial charge in [0.2, 0.25) is 0 Å². The third-order valence-corrected chi connectivity index (χ3v) is 26.2. The third kappa shape index (κ3) is 15.0. The Morgan fingerprint density at radius 2 is 1.00 bits per heavy atom. The van der Waals surface area contributed by atoms with E-state index in [1.54, 1.807) is 4.90 Å². The van der Waals surface area contributed by atoms with Crippen LogP contribution in [0.3, 0.4) is 0 Å². The lowest BCUT2D eigenvalue weighted by Crippen LogP contribution is -2.27. The lowest BCUT2D eigenvalue weighted by Gasteiger charge is -2.13. The quantitative estimate of drug-likeness (QED) is 0.0232. The van der Waals surface area contributed by atoms with Gasteiger partial charge in [-0.3, -0.25) is 9.69 Å². The van der Waals surface area contributed by atoms with E-state index in [0.717, 1.165) is 34.5 Å². The van der Waals surface area contributed by atoms with Gasteiger partial charge in [-0.15, -0.1) is 79.4 Å². The van der Waals surface area contributed by atoms with Crippen LogP contribution in [-0.4, -0.2) is 21.7 Å². The van der Waals surface area contributed by atoms with Gasteiger partial charge in [0, 0.05) is 96.4 Å². The minimum absolute atomic E-state index is 0.0404. The van der Waals surface area contributed by atoms with Gasteiger partial charge in [0.1, 0.15) is 4.32 Å². The van der Waals surface area contributed by atoms with Crippen LogP contribution in [0.15, 0.2) is 65.6 Å². The first-order valence-electron chi connectivity index (χ1n) is 30.9. The summed E-state index contributed by atoms with van der Waals surface area (Å²) >= 11 is 21.1. The van der Waals surface area contributed by atoms with Crippen molar-refractivity contribution in [1.82, 2.24) is 4.90 Å². The molecule has 0 saturated carbocycles. The average Bonchev–Trinajstić information content (AvgIpc) is 4.44. The Morgan fingerprint density at radius 1 is 0.500 bits per heavy atom. The molecule has 2 atom stereocenters. The first kappa shape index (κ1) is 61.8. The number of benzene rings is 1. The molecular weight excluding hydrogens is 1150 g/mol. The van der Waals surface area contributed by atoms with Gasteiger partial charge < -0.3 is 0 Å². The van der Waals surface area contributed by atoms with Crippen LogP contribution in [0.25, 0.3) is 76.4 Å². The Hall–Kier alpha value is -2.71. The van der Waals surface area contributed by atoms with Gasteiger partial charge in [-0.2, -0.15) is 0 Å². The summed E-state index contributed by atoms with van der Waals surface area (Å²) in [6.45, 7) is 19.0. The van der Waals surface area contributed by atoms with Gasteiger partial charge in [-0.1, -0.05) is 181 Å². The molecule has 0 aliphatic carbocycles. The maximum atomic E-state index is 13.4. The Labute approximate surface area is 519 Å². The van der Waals surface area contributed by atoms with Crippen LogP contribution < -0.4 is 0 Å². The second-order valence-electron chi connectivity index (χ2n) is 22.6. The molecule has 0 radical (unpaired) electrons. The molecule has 428 valence electrons. The number of aryl methyl sites for hydroxylation is 3. The zero-order valence-electron chi connectivity index (χ0n) is 49.2.